The molecule has 3 amide bonds. The molecule has 0 bridgehead atoms. The lowest BCUT2D eigenvalue weighted by Gasteiger charge is -2.10. The van der Waals surface area contributed by atoms with Crippen LogP contribution in [0, 0.1) is 0 Å². The molecule has 0 atom stereocenters. The molecule has 0 saturated carbocycles. The van der Waals surface area contributed by atoms with Gasteiger partial charge >= 0.3 is 0 Å². The molecule has 166 valence electrons. The van der Waals surface area contributed by atoms with Gasteiger partial charge in [-0.25, -0.2) is 0 Å². The number of carbonyl (C=O) groups excluding carboxylic acids is 3. The molecule has 0 aliphatic carbocycles. The molecule has 0 heterocycles. The molecule has 0 aliphatic rings. The van der Waals surface area contributed by atoms with Crippen LogP contribution in [0.2, 0.25) is 0 Å². The molecule has 8 nitrogen and oxygen atoms in total. The summed E-state index contributed by atoms with van der Waals surface area (Å²) in [5, 5.41) is 2.78. The number of hydrogen-bond donors (Lipinski definition) is 3. The smallest absolute Gasteiger partial charge is 0.269 e. The third kappa shape index (κ3) is 8.47. The maximum atomic E-state index is 12.2. The van der Waals surface area contributed by atoms with Crippen LogP contribution in [0.1, 0.15) is 53.8 Å². The summed E-state index contributed by atoms with van der Waals surface area (Å²) in [7, 11) is 0. The minimum Gasteiger partial charge on any atom is -0.491 e. The van der Waals surface area contributed by atoms with Gasteiger partial charge in [-0.2, -0.15) is 0 Å². The van der Waals surface area contributed by atoms with E-state index >= 15 is 0 Å². The average Bonchev–Trinajstić information content (AvgIpc) is 2.79. The number of benzene rings is 2. The summed E-state index contributed by atoms with van der Waals surface area (Å²) >= 11 is 0. The lowest BCUT2D eigenvalue weighted by molar-refractivity contribution is -0.116. The number of nitrogens with one attached hydrogen (secondary N) is 3. The van der Waals surface area contributed by atoms with E-state index in [4.69, 9.17) is 9.47 Å². The van der Waals surface area contributed by atoms with Gasteiger partial charge in [0, 0.05) is 29.8 Å². The molecular formula is C23H29N3O5. The Bertz CT molecular complexity index is 851. The molecule has 8 heteroatoms. The summed E-state index contributed by atoms with van der Waals surface area (Å²) in [6.45, 7) is 5.49. The number of amides is 3. The first-order valence-electron chi connectivity index (χ1n) is 10.3. The highest BCUT2D eigenvalue weighted by molar-refractivity contribution is 5.99. The normalized spacial score (nSPS) is 10.3. The van der Waals surface area contributed by atoms with Crippen LogP contribution in [0.3, 0.4) is 0 Å². The van der Waals surface area contributed by atoms with Crippen molar-refractivity contribution in [3.8, 4) is 5.75 Å². The maximum Gasteiger partial charge on any atom is 0.269 e. The summed E-state index contributed by atoms with van der Waals surface area (Å²) in [5.74, 6) is -0.346. The highest BCUT2D eigenvalue weighted by Crippen LogP contribution is 2.13. The van der Waals surface area contributed by atoms with Gasteiger partial charge < -0.3 is 14.8 Å². The lowest BCUT2D eigenvalue weighted by atomic mass is 10.2. The number of hydrazine groups is 1. The second-order valence-corrected chi connectivity index (χ2v) is 6.71. The fourth-order valence-electron chi connectivity index (χ4n) is 2.59. The Labute approximate surface area is 182 Å². The highest BCUT2D eigenvalue weighted by Gasteiger charge is 2.10. The lowest BCUT2D eigenvalue weighted by Crippen LogP contribution is -2.41. The van der Waals surface area contributed by atoms with E-state index in [1.165, 1.54) is 0 Å². The zero-order valence-corrected chi connectivity index (χ0v) is 17.9. The quantitative estimate of drug-likeness (QED) is 0.377. The zero-order chi connectivity index (χ0) is 22.5. The van der Waals surface area contributed by atoms with Crippen molar-refractivity contribution >= 4 is 23.4 Å². The number of anilines is 1. The fourth-order valence-corrected chi connectivity index (χ4v) is 2.59. The Morgan fingerprint density at radius 3 is 1.94 bits per heavy atom. The fraction of sp³-hybridized carbons (Fsp3) is 0.348. The molecule has 0 aromatic heterocycles. The van der Waals surface area contributed by atoms with Crippen LogP contribution in [0.5, 0.6) is 5.75 Å². The van der Waals surface area contributed by atoms with Gasteiger partial charge in [-0.05, 0) is 61.9 Å². The summed E-state index contributed by atoms with van der Waals surface area (Å²) in [6, 6.07) is 13.0. The summed E-state index contributed by atoms with van der Waals surface area (Å²) in [6.07, 6.45) is 2.24. The standard InChI is InChI=1S/C23H29N3O5/c1-3-5-6-21(27)24-19-11-7-17(8-12-19)22(28)25-26-23(29)18-9-13-20(14-10-18)31-16-15-30-4-2/h7-14H,3-6,15-16H2,1-2H3,(H,24,27)(H,25,28)(H,26,29). The van der Waals surface area contributed by atoms with Crippen LogP contribution in [0.25, 0.3) is 0 Å². The van der Waals surface area contributed by atoms with Crippen molar-refractivity contribution in [2.75, 3.05) is 25.1 Å². The number of carbonyl (C=O) groups is 3. The molecule has 0 spiro atoms. The van der Waals surface area contributed by atoms with Crippen LogP contribution in [-0.4, -0.2) is 37.5 Å². The van der Waals surface area contributed by atoms with Crippen molar-refractivity contribution in [3.63, 3.8) is 0 Å². The molecule has 0 aliphatic heterocycles. The van der Waals surface area contributed by atoms with Gasteiger partial charge in [0.05, 0.1) is 6.61 Å². The van der Waals surface area contributed by atoms with Gasteiger partial charge in [0.1, 0.15) is 12.4 Å². The van der Waals surface area contributed by atoms with Crippen LogP contribution in [-0.2, 0) is 9.53 Å². The predicted molar refractivity (Wildman–Crippen MR) is 118 cm³/mol. The minimum absolute atomic E-state index is 0.0583. The molecule has 0 saturated heterocycles. The van der Waals surface area contributed by atoms with Crippen LogP contribution in [0.4, 0.5) is 5.69 Å². The molecule has 2 aromatic rings. The van der Waals surface area contributed by atoms with E-state index in [9.17, 15) is 14.4 Å². The van der Waals surface area contributed by atoms with Crippen molar-refractivity contribution in [1.29, 1.82) is 0 Å². The second kappa shape index (κ2) is 13.0. The number of ether oxygens (including phenoxy) is 2. The Morgan fingerprint density at radius 1 is 0.806 bits per heavy atom. The Balaban J connectivity index is 1.79. The SMILES string of the molecule is CCCCC(=O)Nc1ccc(C(=O)NNC(=O)c2ccc(OCCOCC)cc2)cc1. The van der Waals surface area contributed by atoms with Crippen molar-refractivity contribution in [2.45, 2.75) is 33.1 Å². The van der Waals surface area contributed by atoms with Crippen molar-refractivity contribution in [1.82, 2.24) is 10.9 Å². The first-order valence-corrected chi connectivity index (χ1v) is 10.3. The molecule has 31 heavy (non-hydrogen) atoms. The van der Waals surface area contributed by atoms with E-state index in [-0.39, 0.29) is 5.91 Å². The number of unbranched alkanes of at least 4 members (excludes halogenated alkanes) is 1. The molecule has 2 rings (SSSR count). The third-order valence-corrected chi connectivity index (χ3v) is 4.29. The molecular weight excluding hydrogens is 398 g/mol. The van der Waals surface area contributed by atoms with E-state index in [2.05, 4.69) is 16.2 Å². The molecule has 0 unspecified atom stereocenters. The Kier molecular flexibility index (Phi) is 10.0. The third-order valence-electron chi connectivity index (χ3n) is 4.29. The molecule has 2 aromatic carbocycles. The largest absolute Gasteiger partial charge is 0.491 e. The Hall–Kier alpha value is -3.39. The van der Waals surface area contributed by atoms with Crippen LogP contribution >= 0.6 is 0 Å². The number of rotatable bonds is 11. The van der Waals surface area contributed by atoms with Gasteiger partial charge in [-0.1, -0.05) is 13.3 Å². The summed E-state index contributed by atoms with van der Waals surface area (Å²) < 4.78 is 10.7. The van der Waals surface area contributed by atoms with Crippen molar-refractivity contribution in [3.05, 3.63) is 59.7 Å². The van der Waals surface area contributed by atoms with Gasteiger partial charge in [0.15, 0.2) is 0 Å². The van der Waals surface area contributed by atoms with E-state index in [0.717, 1.165) is 12.8 Å². The first-order chi connectivity index (χ1) is 15.0. The van der Waals surface area contributed by atoms with E-state index in [1.807, 2.05) is 13.8 Å². The molecule has 0 fully saturated rings. The highest BCUT2D eigenvalue weighted by atomic mass is 16.5. The monoisotopic (exact) mass is 427 g/mol. The first kappa shape index (κ1) is 23.9. The van der Waals surface area contributed by atoms with Crippen LogP contribution in [0.15, 0.2) is 48.5 Å². The second-order valence-electron chi connectivity index (χ2n) is 6.71. The number of hydrogen-bond acceptors (Lipinski definition) is 5. The van der Waals surface area contributed by atoms with E-state index in [1.54, 1.807) is 48.5 Å². The minimum atomic E-state index is -0.465. The van der Waals surface area contributed by atoms with Crippen LogP contribution < -0.4 is 20.9 Å². The van der Waals surface area contributed by atoms with Gasteiger partial charge in [0.2, 0.25) is 5.91 Å². The maximum absolute atomic E-state index is 12.2. The van der Waals surface area contributed by atoms with E-state index in [0.29, 0.717) is 48.8 Å². The Morgan fingerprint density at radius 2 is 1.39 bits per heavy atom. The molecule has 3 N–H and O–H groups in total. The predicted octanol–water partition coefficient (Wildman–Crippen LogP) is 3.31. The van der Waals surface area contributed by atoms with Gasteiger partial charge in [-0.15, -0.1) is 0 Å². The van der Waals surface area contributed by atoms with Crippen molar-refractivity contribution < 1.29 is 23.9 Å². The zero-order valence-electron chi connectivity index (χ0n) is 17.9. The topological polar surface area (TPSA) is 106 Å². The van der Waals surface area contributed by atoms with Gasteiger partial charge in [-0.3, -0.25) is 25.2 Å². The summed E-state index contributed by atoms with van der Waals surface area (Å²) in [4.78, 5) is 36.2. The average molecular weight is 428 g/mol. The van der Waals surface area contributed by atoms with E-state index < -0.39 is 11.8 Å². The summed E-state index contributed by atoms with van der Waals surface area (Å²) in [5.41, 5.74) is 6.10. The van der Waals surface area contributed by atoms with Gasteiger partial charge in [0.25, 0.3) is 11.8 Å². The molecule has 0 radical (unpaired) electrons. The van der Waals surface area contributed by atoms with Crippen molar-refractivity contribution in [2.24, 2.45) is 0 Å².